The molecule has 0 saturated heterocycles. The van der Waals surface area contributed by atoms with E-state index in [9.17, 15) is 9.59 Å². The zero-order valence-corrected chi connectivity index (χ0v) is 11.2. The van der Waals surface area contributed by atoms with Gasteiger partial charge in [0.1, 0.15) is 10.7 Å². The standard InChI is InChI=1S/C10H17N5O2S/c1-3-4-13-10-14-8(12)7(18-10)9(17)15(2)5-6(11)16/h3-5,12H2,1-2H3,(H2,11,16)(H,13,14). The van der Waals surface area contributed by atoms with E-state index in [0.29, 0.717) is 10.0 Å². The Bertz CT molecular complexity index is 445. The Balaban J connectivity index is 2.79. The SMILES string of the molecule is CCCNc1nc(N)c(C(=O)N(C)CC(N)=O)s1. The van der Waals surface area contributed by atoms with Crippen LogP contribution in [0.3, 0.4) is 0 Å². The Kier molecular flexibility index (Phi) is 4.90. The molecule has 100 valence electrons. The third kappa shape index (κ3) is 3.59. The lowest BCUT2D eigenvalue weighted by Gasteiger charge is -2.13. The van der Waals surface area contributed by atoms with Crippen molar-refractivity contribution in [2.45, 2.75) is 13.3 Å². The number of rotatable bonds is 6. The van der Waals surface area contributed by atoms with Crippen molar-refractivity contribution in [1.29, 1.82) is 0 Å². The summed E-state index contributed by atoms with van der Waals surface area (Å²) in [4.78, 5) is 28.3. The maximum absolute atomic E-state index is 12.0. The van der Waals surface area contributed by atoms with Crippen molar-refractivity contribution in [3.05, 3.63) is 4.88 Å². The Morgan fingerprint density at radius 3 is 2.72 bits per heavy atom. The highest BCUT2D eigenvalue weighted by Gasteiger charge is 2.20. The summed E-state index contributed by atoms with van der Waals surface area (Å²) < 4.78 is 0. The van der Waals surface area contributed by atoms with Crippen molar-refractivity contribution < 1.29 is 9.59 Å². The molecule has 0 spiro atoms. The number of aromatic nitrogens is 1. The van der Waals surface area contributed by atoms with Gasteiger partial charge in [-0.2, -0.15) is 0 Å². The van der Waals surface area contributed by atoms with Gasteiger partial charge in [-0.1, -0.05) is 18.3 Å². The van der Waals surface area contributed by atoms with E-state index in [4.69, 9.17) is 11.5 Å². The number of nitrogens with two attached hydrogens (primary N) is 2. The fraction of sp³-hybridized carbons (Fsp3) is 0.500. The van der Waals surface area contributed by atoms with Crippen LogP contribution < -0.4 is 16.8 Å². The van der Waals surface area contributed by atoms with Crippen LogP contribution in [0.25, 0.3) is 0 Å². The zero-order valence-electron chi connectivity index (χ0n) is 10.4. The average Bonchev–Trinajstić information content (AvgIpc) is 2.66. The first-order chi connectivity index (χ1) is 8.45. The fourth-order valence-corrected chi connectivity index (χ4v) is 2.18. The molecule has 1 aromatic rings. The van der Waals surface area contributed by atoms with E-state index in [2.05, 4.69) is 10.3 Å². The molecule has 0 saturated carbocycles. The highest BCUT2D eigenvalue weighted by molar-refractivity contribution is 7.18. The van der Waals surface area contributed by atoms with Crippen LogP contribution in [0.1, 0.15) is 23.0 Å². The molecule has 0 radical (unpaired) electrons. The second-order valence-corrected chi connectivity index (χ2v) is 4.79. The number of anilines is 2. The van der Waals surface area contributed by atoms with Gasteiger partial charge in [-0.05, 0) is 6.42 Å². The molecular weight excluding hydrogens is 254 g/mol. The van der Waals surface area contributed by atoms with Crippen molar-refractivity contribution in [2.75, 3.05) is 31.2 Å². The number of carbonyl (C=O) groups is 2. The van der Waals surface area contributed by atoms with Crippen LogP contribution in [0.2, 0.25) is 0 Å². The van der Waals surface area contributed by atoms with Crippen LogP contribution >= 0.6 is 11.3 Å². The van der Waals surface area contributed by atoms with Gasteiger partial charge in [0.05, 0.1) is 6.54 Å². The fourth-order valence-electron chi connectivity index (χ4n) is 1.27. The number of thiazole rings is 1. The smallest absolute Gasteiger partial charge is 0.268 e. The number of hydrogen-bond acceptors (Lipinski definition) is 6. The second kappa shape index (κ2) is 6.20. The summed E-state index contributed by atoms with van der Waals surface area (Å²) in [5, 5.41) is 3.66. The molecule has 1 rings (SSSR count). The van der Waals surface area contributed by atoms with Crippen LogP contribution in [0, 0.1) is 0 Å². The van der Waals surface area contributed by atoms with Gasteiger partial charge in [-0.15, -0.1) is 0 Å². The molecule has 0 atom stereocenters. The van der Waals surface area contributed by atoms with Gasteiger partial charge < -0.3 is 21.7 Å². The number of hydrogen-bond donors (Lipinski definition) is 3. The van der Waals surface area contributed by atoms with Crippen LogP contribution in [0.15, 0.2) is 0 Å². The molecule has 1 heterocycles. The van der Waals surface area contributed by atoms with E-state index in [1.165, 1.54) is 23.3 Å². The predicted octanol–water partition coefficient (Wildman–Crippen LogP) is 0.105. The number of carbonyl (C=O) groups excluding carboxylic acids is 2. The Morgan fingerprint density at radius 2 is 2.17 bits per heavy atom. The van der Waals surface area contributed by atoms with Crippen molar-refractivity contribution in [1.82, 2.24) is 9.88 Å². The van der Waals surface area contributed by atoms with Crippen molar-refractivity contribution in [3.63, 3.8) is 0 Å². The number of nitrogen functional groups attached to an aromatic ring is 1. The van der Waals surface area contributed by atoms with Crippen molar-refractivity contribution >= 4 is 34.1 Å². The van der Waals surface area contributed by atoms with E-state index >= 15 is 0 Å². The molecule has 0 bridgehead atoms. The van der Waals surface area contributed by atoms with Gasteiger partial charge in [0.15, 0.2) is 5.13 Å². The lowest BCUT2D eigenvalue weighted by atomic mass is 10.4. The van der Waals surface area contributed by atoms with E-state index in [0.717, 1.165) is 13.0 Å². The Hall–Kier alpha value is -1.83. The molecule has 0 aromatic carbocycles. The minimum Gasteiger partial charge on any atom is -0.382 e. The van der Waals surface area contributed by atoms with Crippen molar-refractivity contribution in [2.24, 2.45) is 5.73 Å². The van der Waals surface area contributed by atoms with Crippen LogP contribution in [-0.4, -0.2) is 41.8 Å². The lowest BCUT2D eigenvalue weighted by Crippen LogP contribution is -2.35. The minimum absolute atomic E-state index is 0.145. The first-order valence-corrected chi connectivity index (χ1v) is 6.31. The van der Waals surface area contributed by atoms with E-state index in [1.807, 2.05) is 6.92 Å². The monoisotopic (exact) mass is 271 g/mol. The molecule has 5 N–H and O–H groups in total. The summed E-state index contributed by atoms with van der Waals surface area (Å²) >= 11 is 1.17. The van der Waals surface area contributed by atoms with E-state index in [-0.39, 0.29) is 18.3 Å². The number of primary amides is 1. The Labute approximate surface area is 109 Å². The van der Waals surface area contributed by atoms with Crippen molar-refractivity contribution in [3.8, 4) is 0 Å². The van der Waals surface area contributed by atoms with Gasteiger partial charge in [-0.25, -0.2) is 4.98 Å². The summed E-state index contributed by atoms with van der Waals surface area (Å²) in [5.74, 6) is -0.758. The quantitative estimate of drug-likeness (QED) is 0.679. The molecule has 1 aromatic heterocycles. The molecular formula is C10H17N5O2S. The summed E-state index contributed by atoms with van der Waals surface area (Å²) in [6.07, 6.45) is 0.949. The lowest BCUT2D eigenvalue weighted by molar-refractivity contribution is -0.118. The van der Waals surface area contributed by atoms with Crippen LogP contribution in [0.4, 0.5) is 10.9 Å². The molecule has 0 aliphatic rings. The molecule has 18 heavy (non-hydrogen) atoms. The maximum atomic E-state index is 12.0. The maximum Gasteiger partial charge on any atom is 0.268 e. The number of nitrogens with zero attached hydrogens (tertiary/aromatic N) is 2. The van der Waals surface area contributed by atoms with Gasteiger partial charge in [-0.3, -0.25) is 9.59 Å². The largest absolute Gasteiger partial charge is 0.382 e. The van der Waals surface area contributed by atoms with Gasteiger partial charge in [0.25, 0.3) is 5.91 Å². The first kappa shape index (κ1) is 14.2. The number of amides is 2. The molecule has 8 heteroatoms. The zero-order chi connectivity index (χ0) is 13.7. The molecule has 0 aliphatic carbocycles. The van der Waals surface area contributed by atoms with Gasteiger partial charge >= 0.3 is 0 Å². The van der Waals surface area contributed by atoms with Gasteiger partial charge in [0, 0.05) is 13.6 Å². The second-order valence-electron chi connectivity index (χ2n) is 3.79. The molecule has 0 unspecified atom stereocenters. The normalized spacial score (nSPS) is 10.1. The predicted molar refractivity (Wildman–Crippen MR) is 71.5 cm³/mol. The molecule has 7 nitrogen and oxygen atoms in total. The Morgan fingerprint density at radius 1 is 1.50 bits per heavy atom. The summed E-state index contributed by atoms with van der Waals surface area (Å²) in [7, 11) is 1.49. The van der Waals surface area contributed by atoms with E-state index < -0.39 is 5.91 Å². The summed E-state index contributed by atoms with van der Waals surface area (Å²) in [6.45, 7) is 2.64. The van der Waals surface area contributed by atoms with Crippen LogP contribution in [0.5, 0.6) is 0 Å². The topological polar surface area (TPSA) is 114 Å². The minimum atomic E-state index is -0.571. The highest BCUT2D eigenvalue weighted by Crippen LogP contribution is 2.25. The molecule has 0 aliphatic heterocycles. The first-order valence-electron chi connectivity index (χ1n) is 5.49. The molecule has 2 amide bonds. The number of likely N-dealkylation sites (N-methyl/N-ethyl adjacent to an activating group) is 1. The summed E-state index contributed by atoms with van der Waals surface area (Å²) in [5.41, 5.74) is 10.7. The number of nitrogens with one attached hydrogen (secondary N) is 1. The molecule has 0 fully saturated rings. The third-order valence-corrected chi connectivity index (χ3v) is 3.13. The third-order valence-electron chi connectivity index (χ3n) is 2.11. The highest BCUT2D eigenvalue weighted by atomic mass is 32.1. The average molecular weight is 271 g/mol. The van der Waals surface area contributed by atoms with Crippen LogP contribution in [-0.2, 0) is 4.79 Å². The van der Waals surface area contributed by atoms with Gasteiger partial charge in [0.2, 0.25) is 5.91 Å². The van der Waals surface area contributed by atoms with E-state index in [1.54, 1.807) is 0 Å². The summed E-state index contributed by atoms with van der Waals surface area (Å²) in [6, 6.07) is 0.